The molecule has 0 aromatic carbocycles. The van der Waals surface area contributed by atoms with Crippen molar-refractivity contribution in [1.29, 1.82) is 0 Å². The zero-order valence-corrected chi connectivity index (χ0v) is 12.0. The number of hydrogen-bond acceptors (Lipinski definition) is 4. The number of nitrogens with one attached hydrogen (secondary N) is 2. The van der Waals surface area contributed by atoms with Crippen LogP contribution in [0.5, 0.6) is 0 Å². The first-order chi connectivity index (χ1) is 8.80. The van der Waals surface area contributed by atoms with Crippen LogP contribution in [-0.2, 0) is 10.2 Å². The van der Waals surface area contributed by atoms with Crippen LogP contribution >= 0.6 is 0 Å². The van der Waals surface area contributed by atoms with E-state index >= 15 is 0 Å². The second-order valence-corrected chi connectivity index (χ2v) is 6.38. The molecule has 1 saturated heterocycles. The Bertz CT molecular complexity index is 455. The summed E-state index contributed by atoms with van der Waals surface area (Å²) in [5, 5.41) is 9.84. The molecule has 6 nitrogen and oxygen atoms in total. The SMILES string of the molecule is CC1(NC(=O)c2n[nH]c(C(C)(C)C)n2)CCOCC1. The second-order valence-electron chi connectivity index (χ2n) is 6.38. The summed E-state index contributed by atoms with van der Waals surface area (Å²) in [6.45, 7) is 9.46. The average molecular weight is 266 g/mol. The molecule has 0 spiro atoms. The molecule has 0 aliphatic carbocycles. The van der Waals surface area contributed by atoms with Gasteiger partial charge in [0.15, 0.2) is 0 Å². The number of ether oxygens (including phenoxy) is 1. The minimum atomic E-state index is -0.226. The lowest BCUT2D eigenvalue weighted by atomic mass is 9.92. The topological polar surface area (TPSA) is 79.9 Å². The smallest absolute Gasteiger partial charge is 0.291 e. The molecule has 1 aliphatic rings. The van der Waals surface area contributed by atoms with Gasteiger partial charge in [0.25, 0.3) is 5.91 Å². The van der Waals surface area contributed by atoms with E-state index in [-0.39, 0.29) is 22.7 Å². The predicted molar refractivity (Wildman–Crippen MR) is 71.0 cm³/mol. The van der Waals surface area contributed by atoms with Crippen LogP contribution in [0.4, 0.5) is 0 Å². The second kappa shape index (κ2) is 4.92. The van der Waals surface area contributed by atoms with E-state index in [9.17, 15) is 4.79 Å². The molecule has 0 unspecified atom stereocenters. The third-order valence-electron chi connectivity index (χ3n) is 3.41. The molecule has 0 saturated carbocycles. The minimum Gasteiger partial charge on any atom is -0.381 e. The Kier molecular flexibility index (Phi) is 3.62. The molecule has 0 atom stereocenters. The Labute approximate surface area is 113 Å². The molecule has 19 heavy (non-hydrogen) atoms. The van der Waals surface area contributed by atoms with Crippen molar-refractivity contribution >= 4 is 5.91 Å². The van der Waals surface area contributed by atoms with Gasteiger partial charge in [0.05, 0.1) is 0 Å². The molecule has 0 radical (unpaired) electrons. The monoisotopic (exact) mass is 266 g/mol. The first-order valence-corrected chi connectivity index (χ1v) is 6.63. The standard InChI is InChI=1S/C13H22N4O2/c1-12(2,3)11-14-9(16-17-11)10(18)15-13(4)5-7-19-8-6-13/h5-8H2,1-4H3,(H,15,18)(H,14,16,17). The highest BCUT2D eigenvalue weighted by molar-refractivity contribution is 5.90. The summed E-state index contributed by atoms with van der Waals surface area (Å²) >= 11 is 0. The van der Waals surface area contributed by atoms with E-state index in [1.807, 2.05) is 27.7 Å². The van der Waals surface area contributed by atoms with Crippen LogP contribution in [0.15, 0.2) is 0 Å². The van der Waals surface area contributed by atoms with E-state index < -0.39 is 0 Å². The van der Waals surface area contributed by atoms with Gasteiger partial charge in [-0.25, -0.2) is 4.98 Å². The van der Waals surface area contributed by atoms with Gasteiger partial charge in [-0.1, -0.05) is 20.8 Å². The average Bonchev–Trinajstić information content (AvgIpc) is 2.78. The lowest BCUT2D eigenvalue weighted by Crippen LogP contribution is -2.49. The largest absolute Gasteiger partial charge is 0.381 e. The van der Waals surface area contributed by atoms with Crippen molar-refractivity contribution in [2.75, 3.05) is 13.2 Å². The van der Waals surface area contributed by atoms with Gasteiger partial charge >= 0.3 is 0 Å². The molecule has 6 heteroatoms. The summed E-state index contributed by atoms with van der Waals surface area (Å²) in [6.07, 6.45) is 1.63. The first-order valence-electron chi connectivity index (χ1n) is 6.63. The summed E-state index contributed by atoms with van der Waals surface area (Å²) in [6, 6.07) is 0. The molecule has 1 amide bonds. The Morgan fingerprint density at radius 1 is 1.37 bits per heavy atom. The molecule has 1 fully saturated rings. The van der Waals surface area contributed by atoms with Gasteiger partial charge in [0.2, 0.25) is 5.82 Å². The van der Waals surface area contributed by atoms with Crippen LogP contribution < -0.4 is 5.32 Å². The maximum Gasteiger partial charge on any atom is 0.291 e. The van der Waals surface area contributed by atoms with Crippen LogP contribution in [-0.4, -0.2) is 39.8 Å². The molecule has 1 aromatic rings. The summed E-state index contributed by atoms with van der Waals surface area (Å²) in [7, 11) is 0. The minimum absolute atomic E-state index is 0.145. The van der Waals surface area contributed by atoms with E-state index in [4.69, 9.17) is 4.74 Å². The molecular weight excluding hydrogens is 244 g/mol. The van der Waals surface area contributed by atoms with Gasteiger partial charge in [-0.2, -0.15) is 0 Å². The molecule has 1 aliphatic heterocycles. The fraction of sp³-hybridized carbons (Fsp3) is 0.769. The van der Waals surface area contributed by atoms with Crippen molar-refractivity contribution in [3.8, 4) is 0 Å². The first kappa shape index (κ1) is 14.0. The molecule has 0 bridgehead atoms. The molecule has 1 aromatic heterocycles. The van der Waals surface area contributed by atoms with Crippen LogP contribution in [0.1, 0.15) is 57.0 Å². The number of rotatable bonds is 2. The van der Waals surface area contributed by atoms with Gasteiger partial charge < -0.3 is 10.1 Å². The zero-order chi connectivity index (χ0) is 14.1. The molecular formula is C13H22N4O2. The van der Waals surface area contributed by atoms with E-state index in [2.05, 4.69) is 20.5 Å². The number of H-pyrrole nitrogens is 1. The van der Waals surface area contributed by atoms with Crippen molar-refractivity contribution in [2.45, 2.75) is 51.5 Å². The van der Waals surface area contributed by atoms with Crippen LogP contribution in [0.2, 0.25) is 0 Å². The zero-order valence-electron chi connectivity index (χ0n) is 12.0. The predicted octanol–water partition coefficient (Wildman–Crippen LogP) is 1.40. The van der Waals surface area contributed by atoms with E-state index in [0.29, 0.717) is 13.2 Å². The van der Waals surface area contributed by atoms with E-state index in [1.165, 1.54) is 0 Å². The van der Waals surface area contributed by atoms with Gasteiger partial charge in [0, 0.05) is 24.2 Å². The van der Waals surface area contributed by atoms with Gasteiger partial charge in [-0.3, -0.25) is 9.89 Å². The maximum absolute atomic E-state index is 12.2. The van der Waals surface area contributed by atoms with Crippen molar-refractivity contribution in [2.24, 2.45) is 0 Å². The summed E-state index contributed by atoms with van der Waals surface area (Å²) < 4.78 is 5.31. The van der Waals surface area contributed by atoms with Crippen molar-refractivity contribution < 1.29 is 9.53 Å². The van der Waals surface area contributed by atoms with Gasteiger partial charge in [-0.05, 0) is 19.8 Å². The normalized spacial score (nSPS) is 19.2. The lowest BCUT2D eigenvalue weighted by molar-refractivity contribution is 0.0419. The number of aromatic amines is 1. The highest BCUT2D eigenvalue weighted by Crippen LogP contribution is 2.21. The van der Waals surface area contributed by atoms with E-state index in [0.717, 1.165) is 18.7 Å². The van der Waals surface area contributed by atoms with Gasteiger partial charge in [-0.15, -0.1) is 5.10 Å². The van der Waals surface area contributed by atoms with Crippen molar-refractivity contribution in [3.63, 3.8) is 0 Å². The van der Waals surface area contributed by atoms with Crippen molar-refractivity contribution in [3.05, 3.63) is 11.6 Å². The quantitative estimate of drug-likeness (QED) is 0.848. The maximum atomic E-state index is 12.2. The number of hydrogen-bond donors (Lipinski definition) is 2. The number of nitrogens with zero attached hydrogens (tertiary/aromatic N) is 2. The number of aromatic nitrogens is 3. The van der Waals surface area contributed by atoms with E-state index in [1.54, 1.807) is 0 Å². The lowest BCUT2D eigenvalue weighted by Gasteiger charge is -2.33. The Morgan fingerprint density at radius 3 is 2.53 bits per heavy atom. The van der Waals surface area contributed by atoms with Gasteiger partial charge in [0.1, 0.15) is 5.82 Å². The molecule has 2 N–H and O–H groups in total. The number of amides is 1. The Balaban J connectivity index is 2.05. The van der Waals surface area contributed by atoms with Crippen LogP contribution in [0.25, 0.3) is 0 Å². The molecule has 106 valence electrons. The summed E-state index contributed by atoms with van der Waals surface area (Å²) in [5.74, 6) is 0.698. The Morgan fingerprint density at radius 2 is 2.00 bits per heavy atom. The number of carbonyl (C=O) groups excluding carboxylic acids is 1. The third kappa shape index (κ3) is 3.32. The summed E-state index contributed by atoms with van der Waals surface area (Å²) in [4.78, 5) is 16.4. The van der Waals surface area contributed by atoms with Crippen LogP contribution in [0, 0.1) is 0 Å². The fourth-order valence-corrected chi connectivity index (χ4v) is 1.98. The summed E-state index contributed by atoms with van der Waals surface area (Å²) in [5.41, 5.74) is -0.369. The van der Waals surface area contributed by atoms with Crippen molar-refractivity contribution in [1.82, 2.24) is 20.5 Å². The fourth-order valence-electron chi connectivity index (χ4n) is 1.98. The molecule has 2 rings (SSSR count). The third-order valence-corrected chi connectivity index (χ3v) is 3.41. The Hall–Kier alpha value is -1.43. The molecule has 2 heterocycles. The van der Waals surface area contributed by atoms with Crippen LogP contribution in [0.3, 0.4) is 0 Å². The number of carbonyl (C=O) groups is 1. The highest BCUT2D eigenvalue weighted by atomic mass is 16.5. The highest BCUT2D eigenvalue weighted by Gasteiger charge is 2.31.